The van der Waals surface area contributed by atoms with Crippen LogP contribution in [0.4, 0.5) is 5.13 Å². The average Bonchev–Trinajstić information content (AvgIpc) is 1.87. The third-order valence-corrected chi connectivity index (χ3v) is 1.28. The van der Waals surface area contributed by atoms with Gasteiger partial charge in [-0.25, -0.2) is 0 Å². The summed E-state index contributed by atoms with van der Waals surface area (Å²) in [5.74, 6) is 0. The maximum absolute atomic E-state index is 5.28. The summed E-state index contributed by atoms with van der Waals surface area (Å²) in [5.41, 5.74) is 5.28. The lowest BCUT2D eigenvalue weighted by molar-refractivity contribution is -0.432. The highest BCUT2D eigenvalue weighted by Crippen LogP contribution is 2.03. The molecule has 5 N–H and O–H groups in total. The molecule has 0 unspecified atom stereocenters. The summed E-state index contributed by atoms with van der Waals surface area (Å²) in [6.45, 7) is 1.90. The van der Waals surface area contributed by atoms with Crippen molar-refractivity contribution in [3.63, 3.8) is 0 Å². The van der Waals surface area contributed by atoms with Crippen molar-refractivity contribution in [3.8, 4) is 0 Å². The quantitative estimate of drug-likeness (QED) is 0.430. The van der Waals surface area contributed by atoms with Gasteiger partial charge in [-0.2, -0.15) is 0 Å². The molecule has 0 aromatic carbocycles. The molecule has 0 amide bonds. The molecule has 0 atom stereocenters. The number of nitrogens with zero attached hydrogens (tertiary/aromatic N) is 1. The minimum Gasteiger partial charge on any atom is -1.00 e. The van der Waals surface area contributed by atoms with E-state index in [2.05, 4.69) is 10.2 Å². The van der Waals surface area contributed by atoms with Crippen LogP contribution in [0.3, 0.4) is 0 Å². The Labute approximate surface area is 62.8 Å². The van der Waals surface area contributed by atoms with Gasteiger partial charge in [0, 0.05) is 0 Å². The normalized spacial score (nSPS) is 7.22. The number of hydrogen-bond acceptors (Lipinski definition) is 3. The maximum atomic E-state index is 5.28. The molecule has 0 aliphatic rings. The second-order valence-corrected chi connectivity index (χ2v) is 2.44. The van der Waals surface area contributed by atoms with Crippen molar-refractivity contribution in [1.82, 2.24) is 5.10 Å². The minimum absolute atomic E-state index is 0. The molecule has 0 saturated carbocycles. The Morgan fingerprint density at radius 3 is 2.33 bits per heavy atom. The minimum atomic E-state index is 0. The second-order valence-electron chi connectivity index (χ2n) is 1.21. The molecular weight excluding hydrogens is 162 g/mol. The van der Waals surface area contributed by atoms with Crippen LogP contribution in [0.1, 0.15) is 5.01 Å². The molecule has 0 radical (unpaired) electrons. The Morgan fingerprint density at radius 1 is 1.67 bits per heavy atom. The van der Waals surface area contributed by atoms with Crippen LogP contribution < -0.4 is 23.2 Å². The zero-order chi connectivity index (χ0) is 5.28. The molecule has 54 valence electrons. The van der Waals surface area contributed by atoms with Gasteiger partial charge in [0.1, 0.15) is 5.01 Å². The fraction of sp³-hybridized carbons (Fsp3) is 0.333. The number of anilines is 1. The zero-order valence-corrected chi connectivity index (χ0v) is 6.38. The smallest absolute Gasteiger partial charge is 0.351 e. The van der Waals surface area contributed by atoms with Gasteiger partial charge in [-0.15, -0.1) is 5.10 Å². The van der Waals surface area contributed by atoms with Gasteiger partial charge in [0.05, 0.1) is 0 Å². The molecule has 0 fully saturated rings. The number of aromatic nitrogens is 2. The summed E-state index contributed by atoms with van der Waals surface area (Å²) in [4.78, 5) is 0. The summed E-state index contributed by atoms with van der Waals surface area (Å²) in [6, 6.07) is 0. The summed E-state index contributed by atoms with van der Waals surface area (Å²) in [7, 11) is 0. The van der Waals surface area contributed by atoms with Crippen molar-refractivity contribution >= 4 is 16.5 Å². The number of hydrogen-bond donors (Lipinski definition) is 1. The highest BCUT2D eigenvalue weighted by atomic mass is 35.5. The van der Waals surface area contributed by atoms with Gasteiger partial charge in [0.15, 0.2) is 0 Å². The van der Waals surface area contributed by atoms with Gasteiger partial charge >= 0.3 is 5.13 Å². The maximum Gasteiger partial charge on any atom is 0.351 e. The number of aromatic amines is 1. The van der Waals surface area contributed by atoms with Crippen LogP contribution in [0.15, 0.2) is 0 Å². The molecule has 0 aliphatic heterocycles. The SMILES string of the molecule is Cc1n[nH+]c(N)s1.O.[Cl-]. The summed E-state index contributed by atoms with van der Waals surface area (Å²) in [6.07, 6.45) is 0. The number of nitrogen functional groups attached to an aromatic ring is 1. The lowest BCUT2D eigenvalue weighted by atomic mass is 10.9. The highest BCUT2D eigenvalue weighted by molar-refractivity contribution is 7.14. The standard InChI is InChI=1S/C3H5N3S.ClH.H2O/c1-2-5-6-3(4)7-2;;/h1H3,(H2,4,6);1H;1H2. The molecule has 1 rings (SSSR count). The lowest BCUT2D eigenvalue weighted by Gasteiger charge is -1.59. The number of H-pyrrole nitrogens is 1. The van der Waals surface area contributed by atoms with Crippen molar-refractivity contribution in [2.45, 2.75) is 6.92 Å². The number of nitrogens with one attached hydrogen (secondary N) is 1. The molecule has 0 aliphatic carbocycles. The molecule has 1 heterocycles. The molecule has 0 bridgehead atoms. The van der Waals surface area contributed by atoms with Gasteiger partial charge in [0.25, 0.3) is 0 Å². The Kier molecular flexibility index (Phi) is 5.69. The van der Waals surface area contributed by atoms with Crippen molar-refractivity contribution in [2.75, 3.05) is 5.73 Å². The fourth-order valence-corrected chi connectivity index (χ4v) is 0.839. The van der Waals surface area contributed by atoms with Crippen LogP contribution in [0.5, 0.6) is 0 Å². The first-order valence-electron chi connectivity index (χ1n) is 1.89. The zero-order valence-electron chi connectivity index (χ0n) is 4.81. The van der Waals surface area contributed by atoms with E-state index in [0.717, 1.165) is 5.01 Å². The summed E-state index contributed by atoms with van der Waals surface area (Å²) < 4.78 is 0. The first-order chi connectivity index (χ1) is 3.29. The van der Waals surface area contributed by atoms with Gasteiger partial charge < -0.3 is 17.9 Å². The van der Waals surface area contributed by atoms with Gasteiger partial charge in [-0.05, 0) is 18.3 Å². The van der Waals surface area contributed by atoms with Gasteiger partial charge in [0.2, 0.25) is 0 Å². The van der Waals surface area contributed by atoms with Crippen molar-refractivity contribution in [3.05, 3.63) is 5.01 Å². The largest absolute Gasteiger partial charge is 1.00 e. The van der Waals surface area contributed by atoms with Crippen LogP contribution in [0.2, 0.25) is 0 Å². The van der Waals surface area contributed by atoms with Crippen LogP contribution in [-0.4, -0.2) is 10.6 Å². The molecule has 1 aromatic rings. The molecule has 9 heavy (non-hydrogen) atoms. The highest BCUT2D eigenvalue weighted by Gasteiger charge is 1.95. The molecular formula is C3H8ClN3OS. The monoisotopic (exact) mass is 169 g/mol. The van der Waals surface area contributed by atoms with E-state index >= 15 is 0 Å². The molecule has 0 saturated heterocycles. The number of nitrogens with two attached hydrogens (primary N) is 1. The first-order valence-corrected chi connectivity index (χ1v) is 2.71. The van der Waals surface area contributed by atoms with E-state index in [4.69, 9.17) is 5.73 Å². The Hall–Kier alpha value is -0.390. The third kappa shape index (κ3) is 3.23. The van der Waals surface area contributed by atoms with Crippen LogP contribution in [0, 0.1) is 6.92 Å². The summed E-state index contributed by atoms with van der Waals surface area (Å²) in [5, 5.41) is 8.03. The fourth-order valence-electron chi connectivity index (χ4n) is 0.339. The average molecular weight is 170 g/mol. The van der Waals surface area contributed by atoms with Crippen LogP contribution >= 0.6 is 11.3 Å². The van der Waals surface area contributed by atoms with Crippen molar-refractivity contribution in [2.24, 2.45) is 0 Å². The Bertz CT molecular complexity index is 151. The Balaban J connectivity index is 0. The van der Waals surface area contributed by atoms with E-state index in [-0.39, 0.29) is 17.9 Å². The first kappa shape index (κ1) is 11.4. The third-order valence-electron chi connectivity index (χ3n) is 0.581. The van der Waals surface area contributed by atoms with Gasteiger partial charge in [-0.1, -0.05) is 5.10 Å². The summed E-state index contributed by atoms with van der Waals surface area (Å²) >= 11 is 1.45. The second kappa shape index (κ2) is 4.49. The van der Waals surface area contributed by atoms with E-state index in [1.54, 1.807) is 0 Å². The number of rotatable bonds is 0. The predicted molar refractivity (Wildman–Crippen MR) is 31.4 cm³/mol. The Morgan fingerprint density at radius 2 is 2.22 bits per heavy atom. The van der Waals surface area contributed by atoms with Crippen molar-refractivity contribution in [1.29, 1.82) is 0 Å². The van der Waals surface area contributed by atoms with Crippen LogP contribution in [-0.2, 0) is 0 Å². The van der Waals surface area contributed by atoms with E-state index in [9.17, 15) is 0 Å². The van der Waals surface area contributed by atoms with E-state index < -0.39 is 0 Å². The molecule has 4 nitrogen and oxygen atoms in total. The molecule has 6 heteroatoms. The van der Waals surface area contributed by atoms with Crippen molar-refractivity contribution < 1.29 is 23.0 Å². The van der Waals surface area contributed by atoms with Crippen LogP contribution in [0.25, 0.3) is 0 Å². The molecule has 1 aromatic heterocycles. The lowest BCUT2D eigenvalue weighted by Crippen LogP contribution is -3.00. The molecule has 0 spiro atoms. The topological polar surface area (TPSA) is 84.5 Å². The number of aryl methyl sites for hydroxylation is 1. The number of halogens is 1. The van der Waals surface area contributed by atoms with E-state index in [1.165, 1.54) is 11.3 Å². The predicted octanol–water partition coefficient (Wildman–Crippen LogP) is -3.97. The van der Waals surface area contributed by atoms with E-state index in [1.807, 2.05) is 6.92 Å². The van der Waals surface area contributed by atoms with Gasteiger partial charge in [-0.3, -0.25) is 5.73 Å². The van der Waals surface area contributed by atoms with E-state index in [0.29, 0.717) is 5.13 Å².